The van der Waals surface area contributed by atoms with E-state index in [1.165, 1.54) is 0 Å². The van der Waals surface area contributed by atoms with E-state index in [9.17, 15) is 13.2 Å². The Balaban J connectivity index is 2.19. The van der Waals surface area contributed by atoms with Crippen molar-refractivity contribution >= 4 is 49.0 Å². The molecule has 1 amide bonds. The monoisotopic (exact) mass is 365 g/mol. The summed E-state index contributed by atoms with van der Waals surface area (Å²) >= 11 is 9.14. The SMILES string of the molecule is O=C(Nc1cc(Cl)ccc1Br)C1CCCCS1(=O)=O. The van der Waals surface area contributed by atoms with Crippen LogP contribution in [0.3, 0.4) is 0 Å². The molecule has 0 aromatic heterocycles. The zero-order chi connectivity index (χ0) is 14.0. The number of carbonyl (C=O) groups excluding carboxylic acids is 1. The summed E-state index contributed by atoms with van der Waals surface area (Å²) in [6.45, 7) is 0. The molecule has 0 spiro atoms. The summed E-state index contributed by atoms with van der Waals surface area (Å²) in [5.41, 5.74) is 0.485. The average molecular weight is 367 g/mol. The standard InChI is InChI=1S/C12H13BrClNO3S/c13-9-5-4-8(14)7-10(9)15-12(16)11-3-1-2-6-19(11,17)18/h4-5,7,11H,1-3,6H2,(H,15,16). The van der Waals surface area contributed by atoms with Gasteiger partial charge in [-0.25, -0.2) is 8.42 Å². The minimum atomic E-state index is -3.33. The van der Waals surface area contributed by atoms with Gasteiger partial charge in [0, 0.05) is 9.50 Å². The summed E-state index contributed by atoms with van der Waals surface area (Å²) in [6.07, 6.45) is 1.77. The Bertz CT molecular complexity index is 603. The van der Waals surface area contributed by atoms with Crippen LogP contribution in [0.1, 0.15) is 19.3 Å². The Hall–Kier alpha value is -0.590. The van der Waals surface area contributed by atoms with Crippen LogP contribution in [0.2, 0.25) is 5.02 Å². The quantitative estimate of drug-likeness (QED) is 0.875. The molecule has 1 atom stereocenters. The van der Waals surface area contributed by atoms with Gasteiger partial charge < -0.3 is 5.32 Å². The van der Waals surface area contributed by atoms with Crippen molar-refractivity contribution in [2.24, 2.45) is 0 Å². The number of rotatable bonds is 2. The summed E-state index contributed by atoms with van der Waals surface area (Å²) in [4.78, 5) is 12.1. The Labute approximate surface area is 125 Å². The van der Waals surface area contributed by atoms with E-state index < -0.39 is 21.0 Å². The highest BCUT2D eigenvalue weighted by atomic mass is 79.9. The lowest BCUT2D eigenvalue weighted by molar-refractivity contribution is -0.116. The Morgan fingerprint density at radius 1 is 1.37 bits per heavy atom. The molecule has 4 nitrogen and oxygen atoms in total. The van der Waals surface area contributed by atoms with Gasteiger partial charge in [0.05, 0.1) is 11.4 Å². The number of sulfone groups is 1. The number of anilines is 1. The molecule has 2 rings (SSSR count). The van der Waals surface area contributed by atoms with Gasteiger partial charge in [-0.15, -0.1) is 0 Å². The van der Waals surface area contributed by atoms with Gasteiger partial charge in [-0.2, -0.15) is 0 Å². The van der Waals surface area contributed by atoms with Crippen LogP contribution in [0.4, 0.5) is 5.69 Å². The molecule has 7 heteroatoms. The fraction of sp³-hybridized carbons (Fsp3) is 0.417. The van der Waals surface area contributed by atoms with Crippen LogP contribution in [0.25, 0.3) is 0 Å². The van der Waals surface area contributed by atoms with E-state index >= 15 is 0 Å². The first-order valence-corrected chi connectivity index (χ1v) is 8.76. The van der Waals surface area contributed by atoms with Crippen molar-refractivity contribution in [2.75, 3.05) is 11.1 Å². The van der Waals surface area contributed by atoms with Crippen LogP contribution in [0.5, 0.6) is 0 Å². The lowest BCUT2D eigenvalue weighted by Gasteiger charge is -2.21. The highest BCUT2D eigenvalue weighted by Crippen LogP contribution is 2.27. The van der Waals surface area contributed by atoms with E-state index in [2.05, 4.69) is 21.2 Å². The van der Waals surface area contributed by atoms with E-state index in [1.807, 2.05) is 0 Å². The number of amides is 1. The molecular formula is C12H13BrClNO3S. The summed E-state index contributed by atoms with van der Waals surface area (Å²) in [5, 5.41) is 2.15. The molecule has 1 heterocycles. The van der Waals surface area contributed by atoms with Crippen molar-refractivity contribution in [2.45, 2.75) is 24.5 Å². The second-order valence-electron chi connectivity index (χ2n) is 4.46. The molecule has 1 aromatic carbocycles. The Morgan fingerprint density at radius 3 is 2.79 bits per heavy atom. The molecule has 1 unspecified atom stereocenters. The van der Waals surface area contributed by atoms with Crippen LogP contribution < -0.4 is 5.32 Å². The molecule has 1 aliphatic rings. The van der Waals surface area contributed by atoms with Crippen molar-refractivity contribution in [3.05, 3.63) is 27.7 Å². The van der Waals surface area contributed by atoms with E-state index in [1.54, 1.807) is 18.2 Å². The number of hydrogen-bond acceptors (Lipinski definition) is 3. The van der Waals surface area contributed by atoms with Crippen molar-refractivity contribution < 1.29 is 13.2 Å². The minimum Gasteiger partial charge on any atom is -0.324 e. The van der Waals surface area contributed by atoms with Crippen LogP contribution in [0.15, 0.2) is 22.7 Å². The van der Waals surface area contributed by atoms with Gasteiger partial charge in [-0.05, 0) is 47.0 Å². The molecule has 19 heavy (non-hydrogen) atoms. The normalized spacial score (nSPS) is 21.9. The fourth-order valence-electron chi connectivity index (χ4n) is 2.06. The minimum absolute atomic E-state index is 0.0851. The molecule has 104 valence electrons. The fourth-order valence-corrected chi connectivity index (χ4v) is 4.38. The molecule has 1 saturated heterocycles. The van der Waals surface area contributed by atoms with Crippen LogP contribution in [-0.2, 0) is 14.6 Å². The topological polar surface area (TPSA) is 63.2 Å². The van der Waals surface area contributed by atoms with Gasteiger partial charge >= 0.3 is 0 Å². The highest BCUT2D eigenvalue weighted by molar-refractivity contribution is 9.10. The van der Waals surface area contributed by atoms with Crippen LogP contribution in [0, 0.1) is 0 Å². The van der Waals surface area contributed by atoms with Gasteiger partial charge in [0.25, 0.3) is 0 Å². The third-order valence-electron chi connectivity index (χ3n) is 3.06. The van der Waals surface area contributed by atoms with Gasteiger partial charge in [0.1, 0.15) is 5.25 Å². The average Bonchev–Trinajstić information content (AvgIpc) is 2.33. The summed E-state index contributed by atoms with van der Waals surface area (Å²) in [6, 6.07) is 4.96. The second kappa shape index (κ2) is 5.81. The first-order valence-electron chi connectivity index (χ1n) is 5.87. The largest absolute Gasteiger partial charge is 0.324 e. The molecular weight excluding hydrogens is 354 g/mol. The first-order chi connectivity index (χ1) is 8.90. The predicted octanol–water partition coefficient (Wildman–Crippen LogP) is 3.01. The maximum Gasteiger partial charge on any atom is 0.242 e. The van der Waals surface area contributed by atoms with Crippen molar-refractivity contribution in [3.63, 3.8) is 0 Å². The maximum atomic E-state index is 12.1. The molecule has 1 fully saturated rings. The smallest absolute Gasteiger partial charge is 0.242 e. The molecule has 1 aliphatic heterocycles. The van der Waals surface area contributed by atoms with E-state index in [4.69, 9.17) is 11.6 Å². The van der Waals surface area contributed by atoms with Crippen molar-refractivity contribution in [1.29, 1.82) is 0 Å². The lowest BCUT2D eigenvalue weighted by atomic mass is 10.2. The molecule has 0 radical (unpaired) electrons. The summed E-state index contributed by atoms with van der Waals surface area (Å²) < 4.78 is 24.4. The Morgan fingerprint density at radius 2 is 2.11 bits per heavy atom. The third-order valence-corrected chi connectivity index (χ3v) is 6.16. The molecule has 0 saturated carbocycles. The lowest BCUT2D eigenvalue weighted by Crippen LogP contribution is -2.39. The van der Waals surface area contributed by atoms with Crippen LogP contribution in [-0.4, -0.2) is 25.3 Å². The Kier molecular flexibility index (Phi) is 4.53. The second-order valence-corrected chi connectivity index (χ2v) is 8.06. The maximum absolute atomic E-state index is 12.1. The van der Waals surface area contributed by atoms with Gasteiger partial charge in [0.2, 0.25) is 5.91 Å². The van der Waals surface area contributed by atoms with Crippen molar-refractivity contribution in [1.82, 2.24) is 0 Å². The molecule has 0 aliphatic carbocycles. The number of nitrogens with one attached hydrogen (secondary N) is 1. The summed E-state index contributed by atoms with van der Waals surface area (Å²) in [5.74, 6) is -0.399. The van der Waals surface area contributed by atoms with Gasteiger partial charge in [-0.3, -0.25) is 4.79 Å². The van der Waals surface area contributed by atoms with E-state index in [0.717, 1.165) is 6.42 Å². The number of halogens is 2. The van der Waals surface area contributed by atoms with Gasteiger partial charge in [0.15, 0.2) is 9.84 Å². The number of carbonyl (C=O) groups is 1. The zero-order valence-corrected chi connectivity index (χ0v) is 13.2. The van der Waals surface area contributed by atoms with E-state index in [0.29, 0.717) is 28.0 Å². The number of benzene rings is 1. The third kappa shape index (κ3) is 3.49. The molecule has 1 N–H and O–H groups in total. The highest BCUT2D eigenvalue weighted by Gasteiger charge is 2.34. The predicted molar refractivity (Wildman–Crippen MR) is 79.2 cm³/mol. The van der Waals surface area contributed by atoms with Gasteiger partial charge in [-0.1, -0.05) is 18.0 Å². The molecule has 0 bridgehead atoms. The van der Waals surface area contributed by atoms with Crippen molar-refractivity contribution in [3.8, 4) is 0 Å². The van der Waals surface area contributed by atoms with Crippen LogP contribution >= 0.6 is 27.5 Å². The zero-order valence-electron chi connectivity index (χ0n) is 10.0. The molecule has 1 aromatic rings. The summed E-state index contributed by atoms with van der Waals surface area (Å²) in [7, 11) is -3.33. The first kappa shape index (κ1) is 14.8. The number of hydrogen-bond donors (Lipinski definition) is 1. The van der Waals surface area contributed by atoms with E-state index in [-0.39, 0.29) is 5.75 Å².